The van der Waals surface area contributed by atoms with Crippen LogP contribution >= 0.6 is 36.2 Å². The molecule has 7 heteroatoms. The number of phenols is 1. The van der Waals surface area contributed by atoms with Crippen molar-refractivity contribution in [1.82, 2.24) is 10.2 Å². The van der Waals surface area contributed by atoms with Crippen molar-refractivity contribution in [2.24, 2.45) is 0 Å². The normalized spacial score (nSPS) is 15.6. The van der Waals surface area contributed by atoms with Crippen LogP contribution in [-0.4, -0.2) is 49.3 Å². The van der Waals surface area contributed by atoms with Gasteiger partial charge in [-0.15, -0.1) is 36.2 Å². The summed E-state index contributed by atoms with van der Waals surface area (Å²) >= 11 is 1.76. The molecule has 146 valence electrons. The number of benzene rings is 1. The Morgan fingerprint density at radius 1 is 1.15 bits per heavy atom. The van der Waals surface area contributed by atoms with E-state index < -0.39 is 0 Å². The summed E-state index contributed by atoms with van der Waals surface area (Å²) in [5, 5.41) is 16.3. The van der Waals surface area contributed by atoms with Crippen molar-refractivity contribution in [2.75, 3.05) is 44.2 Å². The van der Waals surface area contributed by atoms with Gasteiger partial charge >= 0.3 is 0 Å². The summed E-state index contributed by atoms with van der Waals surface area (Å²) in [5.74, 6) is 0.399. The minimum atomic E-state index is 0. The number of nitrogens with zero attached hydrogens (tertiary/aromatic N) is 2. The zero-order chi connectivity index (χ0) is 16.9. The third-order valence-electron chi connectivity index (χ3n) is 4.77. The zero-order valence-corrected chi connectivity index (χ0v) is 17.8. The average molecular weight is 418 g/mol. The number of rotatable bonds is 6. The predicted molar refractivity (Wildman–Crippen MR) is 117 cm³/mol. The van der Waals surface area contributed by atoms with Gasteiger partial charge in [0.05, 0.1) is 6.04 Å². The first-order valence-electron chi connectivity index (χ1n) is 8.80. The molecule has 1 saturated heterocycles. The molecule has 3 rings (SSSR count). The Bertz CT molecular complexity index is 644. The highest BCUT2D eigenvalue weighted by Gasteiger charge is 2.27. The molecule has 2 heterocycles. The van der Waals surface area contributed by atoms with Crippen LogP contribution in [0.25, 0.3) is 0 Å². The second-order valence-electron chi connectivity index (χ2n) is 6.12. The van der Waals surface area contributed by atoms with E-state index in [4.69, 9.17) is 0 Å². The van der Waals surface area contributed by atoms with Gasteiger partial charge in [0.1, 0.15) is 5.75 Å². The van der Waals surface area contributed by atoms with Gasteiger partial charge < -0.3 is 15.3 Å². The lowest BCUT2D eigenvalue weighted by molar-refractivity contribution is 0.198. The number of aromatic hydroxyl groups is 1. The highest BCUT2D eigenvalue weighted by Crippen LogP contribution is 2.38. The molecule has 1 aromatic heterocycles. The molecule has 0 radical (unpaired) electrons. The number of halogens is 2. The van der Waals surface area contributed by atoms with Crippen LogP contribution in [0.4, 0.5) is 5.69 Å². The molecule has 1 aromatic carbocycles. The first-order valence-corrected chi connectivity index (χ1v) is 9.68. The van der Waals surface area contributed by atoms with Crippen molar-refractivity contribution in [3.8, 4) is 5.75 Å². The maximum absolute atomic E-state index is 10.8. The molecule has 1 aliphatic rings. The molecule has 0 unspecified atom stereocenters. The monoisotopic (exact) mass is 417 g/mol. The van der Waals surface area contributed by atoms with Gasteiger partial charge in [0.2, 0.25) is 0 Å². The number of anilines is 1. The van der Waals surface area contributed by atoms with Crippen molar-refractivity contribution in [3.63, 3.8) is 0 Å². The van der Waals surface area contributed by atoms with Crippen LogP contribution in [0.15, 0.2) is 35.7 Å². The van der Waals surface area contributed by atoms with Crippen molar-refractivity contribution < 1.29 is 5.11 Å². The van der Waals surface area contributed by atoms with E-state index in [0.717, 1.165) is 50.5 Å². The second kappa shape index (κ2) is 11.0. The molecular weight excluding hydrogens is 389 g/mol. The van der Waals surface area contributed by atoms with Crippen LogP contribution in [0.3, 0.4) is 0 Å². The van der Waals surface area contributed by atoms with Gasteiger partial charge in [0.25, 0.3) is 0 Å². The molecular formula is C19H29Cl2N3OS. The van der Waals surface area contributed by atoms with E-state index in [-0.39, 0.29) is 30.9 Å². The number of nitrogens with one attached hydrogen (secondary N) is 1. The summed E-state index contributed by atoms with van der Waals surface area (Å²) in [4.78, 5) is 6.02. The molecule has 4 nitrogen and oxygen atoms in total. The summed E-state index contributed by atoms with van der Waals surface area (Å²) in [6.07, 6.45) is 0. The molecule has 1 atom stereocenters. The van der Waals surface area contributed by atoms with Gasteiger partial charge in [0, 0.05) is 61.5 Å². The molecule has 1 fully saturated rings. The molecule has 2 aromatic rings. The maximum Gasteiger partial charge on any atom is 0.122 e. The fourth-order valence-corrected chi connectivity index (χ4v) is 4.34. The Hall–Kier alpha value is -0.980. The molecule has 0 spiro atoms. The Labute approximate surface area is 173 Å². The number of thiophene rings is 1. The smallest absolute Gasteiger partial charge is 0.122 e. The SMILES string of the molecule is CCN(CC)c1ccc([C@@H](c2cccs2)N2CCNCC2)c(O)c1.Cl.Cl. The summed E-state index contributed by atoms with van der Waals surface area (Å²) in [6, 6.07) is 10.6. The Balaban J connectivity index is 0.00000169. The molecule has 2 N–H and O–H groups in total. The van der Waals surface area contributed by atoms with Crippen LogP contribution in [0.2, 0.25) is 0 Å². The van der Waals surface area contributed by atoms with Gasteiger partial charge in [-0.05, 0) is 31.4 Å². The minimum Gasteiger partial charge on any atom is -0.508 e. The third-order valence-corrected chi connectivity index (χ3v) is 5.69. The van der Waals surface area contributed by atoms with Crippen molar-refractivity contribution >= 4 is 41.8 Å². The molecule has 26 heavy (non-hydrogen) atoms. The van der Waals surface area contributed by atoms with Gasteiger partial charge in [0.15, 0.2) is 0 Å². The third kappa shape index (κ3) is 5.05. The topological polar surface area (TPSA) is 38.7 Å². The van der Waals surface area contributed by atoms with Crippen LogP contribution in [0, 0.1) is 0 Å². The van der Waals surface area contributed by atoms with Crippen molar-refractivity contribution in [2.45, 2.75) is 19.9 Å². The van der Waals surface area contributed by atoms with Gasteiger partial charge in [-0.2, -0.15) is 0 Å². The van der Waals surface area contributed by atoms with E-state index in [2.05, 4.69) is 58.6 Å². The van der Waals surface area contributed by atoms with Crippen LogP contribution in [0.5, 0.6) is 5.75 Å². The summed E-state index contributed by atoms with van der Waals surface area (Å²) in [5.41, 5.74) is 2.10. The van der Waals surface area contributed by atoms with E-state index in [1.54, 1.807) is 11.3 Å². The average Bonchev–Trinajstić information content (AvgIpc) is 3.13. The lowest BCUT2D eigenvalue weighted by Crippen LogP contribution is -2.45. The highest BCUT2D eigenvalue weighted by molar-refractivity contribution is 7.10. The van der Waals surface area contributed by atoms with Crippen LogP contribution < -0.4 is 10.2 Å². The van der Waals surface area contributed by atoms with Gasteiger partial charge in [-0.1, -0.05) is 12.1 Å². The van der Waals surface area contributed by atoms with E-state index in [1.807, 2.05) is 6.07 Å². The fourth-order valence-electron chi connectivity index (χ4n) is 3.47. The first-order chi connectivity index (χ1) is 11.7. The Kier molecular flexibility index (Phi) is 9.75. The zero-order valence-electron chi connectivity index (χ0n) is 15.4. The lowest BCUT2D eigenvalue weighted by atomic mass is 10.0. The maximum atomic E-state index is 10.8. The second-order valence-corrected chi connectivity index (χ2v) is 7.10. The summed E-state index contributed by atoms with van der Waals surface area (Å²) < 4.78 is 0. The molecule has 0 amide bonds. The standard InChI is InChI=1S/C19H27N3OS.2ClH/c1-3-21(4-2)15-7-8-16(17(23)14-15)19(18-6-5-13-24-18)22-11-9-20-10-12-22;;/h5-8,13-14,19-20,23H,3-4,9-12H2,1-2H3;2*1H/t19-;;/m0../s1. The quantitative estimate of drug-likeness (QED) is 0.740. The van der Waals surface area contributed by atoms with E-state index in [1.165, 1.54) is 4.88 Å². The Morgan fingerprint density at radius 3 is 2.38 bits per heavy atom. The van der Waals surface area contributed by atoms with Crippen molar-refractivity contribution in [3.05, 3.63) is 46.2 Å². The lowest BCUT2D eigenvalue weighted by Gasteiger charge is -2.35. The van der Waals surface area contributed by atoms with E-state index >= 15 is 0 Å². The van der Waals surface area contributed by atoms with E-state index in [9.17, 15) is 5.11 Å². The largest absolute Gasteiger partial charge is 0.508 e. The van der Waals surface area contributed by atoms with E-state index in [0.29, 0.717) is 5.75 Å². The first kappa shape index (κ1) is 23.1. The number of hydrogen-bond acceptors (Lipinski definition) is 5. The van der Waals surface area contributed by atoms with Crippen LogP contribution in [-0.2, 0) is 0 Å². The Morgan fingerprint density at radius 2 is 1.85 bits per heavy atom. The van der Waals surface area contributed by atoms with Gasteiger partial charge in [-0.25, -0.2) is 0 Å². The minimum absolute atomic E-state index is 0. The summed E-state index contributed by atoms with van der Waals surface area (Å²) in [6.45, 7) is 10.2. The van der Waals surface area contributed by atoms with Crippen molar-refractivity contribution in [1.29, 1.82) is 0 Å². The molecule has 0 saturated carbocycles. The summed E-state index contributed by atoms with van der Waals surface area (Å²) in [7, 11) is 0. The molecule has 0 aliphatic carbocycles. The number of hydrogen-bond donors (Lipinski definition) is 2. The predicted octanol–water partition coefficient (Wildman–Crippen LogP) is 4.14. The molecule has 0 bridgehead atoms. The molecule has 1 aliphatic heterocycles. The number of phenolic OH excluding ortho intramolecular Hbond substituents is 1. The fraction of sp³-hybridized carbons (Fsp3) is 0.474. The highest BCUT2D eigenvalue weighted by atomic mass is 35.5. The number of piperazine rings is 1. The van der Waals surface area contributed by atoms with Crippen LogP contribution in [0.1, 0.15) is 30.3 Å². The van der Waals surface area contributed by atoms with Gasteiger partial charge in [-0.3, -0.25) is 4.90 Å².